The van der Waals surface area contributed by atoms with Crippen molar-refractivity contribution in [1.29, 1.82) is 0 Å². The number of hydrogen-bond acceptors (Lipinski definition) is 5. The average molecular weight is 482 g/mol. The largest absolute Gasteiger partial charge is 0.376 e. The van der Waals surface area contributed by atoms with E-state index in [1.165, 1.54) is 17.0 Å². The van der Waals surface area contributed by atoms with E-state index in [0.29, 0.717) is 6.61 Å². The van der Waals surface area contributed by atoms with Gasteiger partial charge < -0.3 is 15.0 Å². The second-order valence-electron chi connectivity index (χ2n) is 9.73. The standard InChI is InChI=1S/C24H39N3O5S/c1-7-24(5,6)26-23(29)22(17(2)3)27(16-19-9-8-14-32-19)21(28)15-25-33(30,31)20-12-10-18(4)11-13-20/h10-13,17,19,22,25H,7-9,14-16H2,1-6H3,(H,26,29)/t19-,22+/m0/s1. The van der Waals surface area contributed by atoms with Crippen LogP contribution in [0.15, 0.2) is 29.2 Å². The lowest BCUT2D eigenvalue weighted by molar-refractivity contribution is -0.144. The molecular weight excluding hydrogens is 442 g/mol. The van der Waals surface area contributed by atoms with Gasteiger partial charge in [0.15, 0.2) is 0 Å². The van der Waals surface area contributed by atoms with Crippen LogP contribution in [0.2, 0.25) is 0 Å². The smallest absolute Gasteiger partial charge is 0.243 e. The first-order valence-electron chi connectivity index (χ1n) is 11.7. The Bertz CT molecular complexity index is 907. The zero-order valence-electron chi connectivity index (χ0n) is 20.7. The van der Waals surface area contributed by atoms with Crippen LogP contribution < -0.4 is 10.0 Å². The van der Waals surface area contributed by atoms with E-state index in [-0.39, 0.29) is 29.4 Å². The number of aryl methyl sites for hydroxylation is 1. The van der Waals surface area contributed by atoms with Gasteiger partial charge in [-0.1, -0.05) is 38.5 Å². The maximum absolute atomic E-state index is 13.3. The summed E-state index contributed by atoms with van der Waals surface area (Å²) in [5.41, 5.74) is 0.518. The van der Waals surface area contributed by atoms with Gasteiger partial charge in [0.2, 0.25) is 21.8 Å². The van der Waals surface area contributed by atoms with E-state index in [1.807, 2.05) is 41.5 Å². The van der Waals surface area contributed by atoms with Gasteiger partial charge in [0.25, 0.3) is 0 Å². The van der Waals surface area contributed by atoms with Crippen molar-refractivity contribution < 1.29 is 22.7 Å². The molecule has 2 rings (SSSR count). The average Bonchev–Trinajstić information content (AvgIpc) is 3.24. The van der Waals surface area contributed by atoms with Crippen LogP contribution in [0, 0.1) is 12.8 Å². The van der Waals surface area contributed by atoms with Crippen LogP contribution in [0.4, 0.5) is 0 Å². The van der Waals surface area contributed by atoms with Gasteiger partial charge in [0.05, 0.1) is 17.5 Å². The molecule has 1 aromatic rings. The minimum absolute atomic E-state index is 0.0921. The van der Waals surface area contributed by atoms with Crippen molar-refractivity contribution in [2.75, 3.05) is 19.7 Å². The van der Waals surface area contributed by atoms with Crippen molar-refractivity contribution >= 4 is 21.8 Å². The summed E-state index contributed by atoms with van der Waals surface area (Å²) in [5.74, 6) is -0.870. The van der Waals surface area contributed by atoms with Crippen LogP contribution in [-0.4, -0.2) is 62.5 Å². The van der Waals surface area contributed by atoms with Crippen LogP contribution in [0.25, 0.3) is 0 Å². The van der Waals surface area contributed by atoms with E-state index in [1.54, 1.807) is 12.1 Å². The van der Waals surface area contributed by atoms with Crippen molar-refractivity contribution in [2.24, 2.45) is 5.92 Å². The predicted octanol–water partition coefficient (Wildman–Crippen LogP) is 2.61. The number of nitrogens with one attached hydrogen (secondary N) is 2. The zero-order chi connectivity index (χ0) is 24.8. The van der Waals surface area contributed by atoms with Crippen LogP contribution in [0.5, 0.6) is 0 Å². The maximum atomic E-state index is 13.3. The molecule has 1 heterocycles. The summed E-state index contributed by atoms with van der Waals surface area (Å²) in [6, 6.07) is 5.67. The number of carbonyl (C=O) groups excluding carboxylic acids is 2. The molecule has 0 bridgehead atoms. The molecule has 8 nitrogen and oxygen atoms in total. The van der Waals surface area contributed by atoms with E-state index in [9.17, 15) is 18.0 Å². The Balaban J connectivity index is 2.23. The topological polar surface area (TPSA) is 105 Å². The van der Waals surface area contributed by atoms with Crippen molar-refractivity contribution in [3.8, 4) is 0 Å². The van der Waals surface area contributed by atoms with Crippen LogP contribution in [0.1, 0.15) is 59.4 Å². The Morgan fingerprint density at radius 2 is 1.85 bits per heavy atom. The minimum atomic E-state index is -3.86. The van der Waals surface area contributed by atoms with E-state index in [0.717, 1.165) is 24.8 Å². The molecule has 0 aromatic heterocycles. The molecular formula is C24H39N3O5S. The molecule has 0 unspecified atom stereocenters. The second kappa shape index (κ2) is 11.4. The number of carbonyl (C=O) groups is 2. The number of amides is 2. The Kier molecular flexibility index (Phi) is 9.46. The molecule has 186 valence electrons. The fraction of sp³-hybridized carbons (Fsp3) is 0.667. The van der Waals surface area contributed by atoms with Gasteiger partial charge in [-0.05, 0) is 58.1 Å². The molecule has 1 fully saturated rings. The van der Waals surface area contributed by atoms with Crippen molar-refractivity contribution in [3.63, 3.8) is 0 Å². The third-order valence-corrected chi connectivity index (χ3v) is 7.49. The fourth-order valence-electron chi connectivity index (χ4n) is 3.74. The van der Waals surface area contributed by atoms with E-state index >= 15 is 0 Å². The first-order chi connectivity index (χ1) is 15.4. The summed E-state index contributed by atoms with van der Waals surface area (Å²) < 4.78 is 33.5. The number of ether oxygens (including phenoxy) is 1. The predicted molar refractivity (Wildman–Crippen MR) is 128 cm³/mol. The highest BCUT2D eigenvalue weighted by Crippen LogP contribution is 2.20. The highest BCUT2D eigenvalue weighted by molar-refractivity contribution is 7.89. The molecule has 1 aliphatic heterocycles. The third-order valence-electron chi connectivity index (χ3n) is 6.07. The molecule has 2 atom stereocenters. The quantitative estimate of drug-likeness (QED) is 0.506. The van der Waals surface area contributed by atoms with E-state index in [4.69, 9.17) is 4.74 Å². The number of hydrogen-bond donors (Lipinski definition) is 2. The van der Waals surface area contributed by atoms with Gasteiger partial charge in [-0.2, -0.15) is 0 Å². The third kappa shape index (κ3) is 7.79. The van der Waals surface area contributed by atoms with Crippen molar-refractivity contribution in [3.05, 3.63) is 29.8 Å². The molecule has 1 aromatic carbocycles. The summed E-state index contributed by atoms with van der Waals surface area (Å²) in [4.78, 5) is 28.1. The Morgan fingerprint density at radius 1 is 1.21 bits per heavy atom. The Hall–Kier alpha value is -1.97. The highest BCUT2D eigenvalue weighted by atomic mass is 32.2. The summed E-state index contributed by atoms with van der Waals surface area (Å²) in [7, 11) is -3.86. The fourth-order valence-corrected chi connectivity index (χ4v) is 4.71. The van der Waals surface area contributed by atoms with Crippen LogP contribution >= 0.6 is 0 Å². The summed E-state index contributed by atoms with van der Waals surface area (Å²) in [6.07, 6.45) is 2.26. The monoisotopic (exact) mass is 481 g/mol. The van der Waals surface area contributed by atoms with E-state index < -0.39 is 34.1 Å². The first-order valence-corrected chi connectivity index (χ1v) is 13.1. The lowest BCUT2D eigenvalue weighted by Gasteiger charge is -2.37. The van der Waals surface area contributed by atoms with Gasteiger partial charge in [-0.25, -0.2) is 13.1 Å². The zero-order valence-corrected chi connectivity index (χ0v) is 21.5. The van der Waals surface area contributed by atoms with Gasteiger partial charge in [0, 0.05) is 18.7 Å². The summed E-state index contributed by atoms with van der Waals surface area (Å²) in [5, 5.41) is 3.04. The van der Waals surface area contributed by atoms with Crippen molar-refractivity contribution in [1.82, 2.24) is 14.9 Å². The molecule has 0 saturated carbocycles. The minimum Gasteiger partial charge on any atom is -0.376 e. The number of nitrogens with zero attached hydrogens (tertiary/aromatic N) is 1. The molecule has 0 spiro atoms. The maximum Gasteiger partial charge on any atom is 0.243 e. The van der Waals surface area contributed by atoms with Crippen LogP contribution in [-0.2, 0) is 24.3 Å². The molecule has 1 saturated heterocycles. The lowest BCUT2D eigenvalue weighted by atomic mass is 9.96. The Labute approximate surface area is 198 Å². The lowest BCUT2D eigenvalue weighted by Crippen LogP contribution is -2.59. The van der Waals surface area contributed by atoms with Gasteiger partial charge in [-0.3, -0.25) is 9.59 Å². The normalized spacial score (nSPS) is 17.7. The number of benzene rings is 1. The summed E-state index contributed by atoms with van der Waals surface area (Å²) >= 11 is 0. The molecule has 1 aliphatic rings. The van der Waals surface area contributed by atoms with E-state index in [2.05, 4.69) is 10.0 Å². The Morgan fingerprint density at radius 3 is 2.36 bits per heavy atom. The highest BCUT2D eigenvalue weighted by Gasteiger charge is 2.36. The number of sulfonamides is 1. The summed E-state index contributed by atoms with van der Waals surface area (Å²) in [6.45, 7) is 11.9. The first kappa shape index (κ1) is 27.3. The second-order valence-corrected chi connectivity index (χ2v) is 11.5. The van der Waals surface area contributed by atoms with Crippen LogP contribution in [0.3, 0.4) is 0 Å². The number of rotatable bonds is 11. The molecule has 0 radical (unpaired) electrons. The van der Waals surface area contributed by atoms with Crippen molar-refractivity contribution in [2.45, 2.75) is 83.4 Å². The van der Waals surface area contributed by atoms with Gasteiger partial charge in [0.1, 0.15) is 6.04 Å². The SMILES string of the molecule is CCC(C)(C)NC(=O)[C@@H](C(C)C)N(C[C@@H]1CCCO1)C(=O)CNS(=O)(=O)c1ccc(C)cc1. The molecule has 2 N–H and O–H groups in total. The van der Waals surface area contributed by atoms with Gasteiger partial charge >= 0.3 is 0 Å². The molecule has 0 aliphatic carbocycles. The molecule has 9 heteroatoms. The molecule has 33 heavy (non-hydrogen) atoms. The van der Waals surface area contributed by atoms with Gasteiger partial charge in [-0.15, -0.1) is 0 Å². The molecule has 2 amide bonds.